The molecule has 14 rings (SSSR count). The molecule has 2 N–H and O–H groups in total. The fourth-order valence-electron chi connectivity index (χ4n) is 13.0. The van der Waals surface area contributed by atoms with Crippen molar-refractivity contribution in [1.29, 1.82) is 0 Å². The molecule has 0 bridgehead atoms. The minimum atomic E-state index is -0.746. The molecule has 2 amide bonds. The number of benzene rings is 4. The van der Waals surface area contributed by atoms with Gasteiger partial charge in [0.15, 0.2) is 11.2 Å². The summed E-state index contributed by atoms with van der Waals surface area (Å²) in [5.74, 6) is 0.757. The monoisotopic (exact) mass is 1070 g/mol. The minimum Gasteiger partial charge on any atom is -0.436 e. The number of hydrogen-bond donors (Lipinski definition) is 2. The van der Waals surface area contributed by atoms with Crippen LogP contribution in [0, 0.1) is 25.7 Å². The Morgan fingerprint density at radius 3 is 1.29 bits per heavy atom. The molecular weight excluding hydrogens is 1010 g/mol. The summed E-state index contributed by atoms with van der Waals surface area (Å²) in [6.45, 7) is 11.7. The first-order valence-electron chi connectivity index (χ1n) is 27.7. The Kier molecular flexibility index (Phi) is 12.9. The molecule has 4 saturated heterocycles. The van der Waals surface area contributed by atoms with Crippen molar-refractivity contribution in [3.63, 3.8) is 0 Å². The smallest absolute Gasteiger partial charge is 0.408 e. The Morgan fingerprint density at radius 2 is 0.938 bits per heavy atom. The highest BCUT2D eigenvalue weighted by Gasteiger charge is 2.40. The maximum absolute atomic E-state index is 12.0. The lowest BCUT2D eigenvalue weighted by atomic mass is 9.86. The summed E-state index contributed by atoms with van der Waals surface area (Å²) in [7, 11) is 3.82. The third-order valence-electron chi connectivity index (χ3n) is 17.1. The molecule has 80 heavy (non-hydrogen) atoms. The number of rotatable bonds is 10. The van der Waals surface area contributed by atoms with Gasteiger partial charge in [-0.1, -0.05) is 95.4 Å². The number of pyridine rings is 2. The van der Waals surface area contributed by atoms with E-state index >= 15 is 0 Å². The van der Waals surface area contributed by atoms with Crippen LogP contribution in [0.2, 0.25) is 0 Å². The number of aryl methyl sites for hydroxylation is 4. The first-order valence-corrected chi connectivity index (χ1v) is 27.7. The first kappa shape index (κ1) is 51.0. The third-order valence-corrected chi connectivity index (χ3v) is 17.1. The van der Waals surface area contributed by atoms with E-state index < -0.39 is 11.2 Å². The molecule has 0 aliphatic carbocycles. The van der Waals surface area contributed by atoms with Gasteiger partial charge in [-0.3, -0.25) is 9.97 Å². The van der Waals surface area contributed by atoms with E-state index in [4.69, 9.17) is 28.9 Å². The van der Waals surface area contributed by atoms with Gasteiger partial charge >= 0.3 is 12.2 Å². The summed E-state index contributed by atoms with van der Waals surface area (Å²) in [5.41, 5.74) is 14.6. The summed E-state index contributed by atoms with van der Waals surface area (Å²) < 4.78 is 31.6. The van der Waals surface area contributed by atoms with Crippen LogP contribution in [-0.2, 0) is 44.2 Å². The highest BCUT2D eigenvalue weighted by Crippen LogP contribution is 2.45. The van der Waals surface area contributed by atoms with Crippen LogP contribution in [0.25, 0.3) is 66.4 Å². The number of hydrogen-bond acceptors (Lipinski definition) is 12. The number of carbonyl (C=O) groups excluding carboxylic acids is 2. The van der Waals surface area contributed by atoms with Gasteiger partial charge in [0.25, 0.3) is 0 Å². The number of fused-ring (bicyclic) bond motifs is 6. The predicted octanol–water partition coefficient (Wildman–Crippen LogP) is 10.5. The quantitative estimate of drug-likeness (QED) is 0.132. The summed E-state index contributed by atoms with van der Waals surface area (Å²) in [6, 6.07) is 38.8. The molecule has 4 fully saturated rings. The first-order chi connectivity index (χ1) is 38.9. The second kappa shape index (κ2) is 20.3. The average molecular weight is 1070 g/mol. The lowest BCUT2D eigenvalue weighted by Gasteiger charge is -2.33. The van der Waals surface area contributed by atoms with Gasteiger partial charge in [0.1, 0.15) is 0 Å². The van der Waals surface area contributed by atoms with Crippen LogP contribution < -0.4 is 10.6 Å². The maximum atomic E-state index is 12.0. The molecule has 10 heterocycles. The van der Waals surface area contributed by atoms with E-state index in [1.165, 1.54) is 11.1 Å². The molecule has 0 spiro atoms. The van der Waals surface area contributed by atoms with Gasteiger partial charge in [-0.05, 0) is 112 Å². The molecule has 2 unspecified atom stereocenters. The minimum absolute atomic E-state index is 0.0696. The summed E-state index contributed by atoms with van der Waals surface area (Å²) in [6.07, 6.45) is 6.94. The maximum Gasteiger partial charge on any atom is 0.408 e. The van der Waals surface area contributed by atoms with Gasteiger partial charge in [0.2, 0.25) is 0 Å². The van der Waals surface area contributed by atoms with Gasteiger partial charge in [-0.25, -0.2) is 19.0 Å². The van der Waals surface area contributed by atoms with Crippen LogP contribution in [-0.4, -0.2) is 101 Å². The summed E-state index contributed by atoms with van der Waals surface area (Å²) >= 11 is 0. The van der Waals surface area contributed by atoms with Crippen molar-refractivity contribution in [3.8, 4) is 22.5 Å². The van der Waals surface area contributed by atoms with Crippen LogP contribution in [0.4, 0.5) is 9.59 Å². The molecular formula is C62H64N12O6. The highest BCUT2D eigenvalue weighted by molar-refractivity contribution is 6.08. The van der Waals surface area contributed by atoms with E-state index in [0.29, 0.717) is 24.9 Å². The number of cyclic esters (lactones) is 2. The molecule has 0 saturated carbocycles. The molecule has 4 aliphatic rings. The van der Waals surface area contributed by atoms with Gasteiger partial charge in [-0.2, -0.15) is 0 Å². The second-order valence-corrected chi connectivity index (χ2v) is 22.2. The fraction of sp³-hybridized carbons (Fsp3) is 0.355. The van der Waals surface area contributed by atoms with Crippen molar-refractivity contribution in [2.45, 2.75) is 76.7 Å². The van der Waals surface area contributed by atoms with E-state index in [-0.39, 0.29) is 24.3 Å². The Hall–Kier alpha value is -8.48. The average Bonchev–Trinajstić information content (AvgIpc) is 4.52. The Morgan fingerprint density at radius 1 is 0.537 bits per heavy atom. The topological polar surface area (TPSA) is 192 Å². The SMILES string of the molecule is Cc1nnn(C)c1-c1cnc2c3ccc(C4(C)CNC(=O)O4)cc3n([C@H](c3ccccc3)C3CCOCC3)c2c1.Cc1nnn(C)c1-c1cnc2c3ccc(C4(C)CNC(=O)O4)cc3n([C@H](c3ccccc3)C3CCOCC3)c2c1. The third kappa shape index (κ3) is 8.90. The van der Waals surface area contributed by atoms with Gasteiger partial charge in [-0.15, -0.1) is 10.2 Å². The van der Waals surface area contributed by atoms with Crippen molar-refractivity contribution < 1.29 is 28.5 Å². The van der Waals surface area contributed by atoms with Crippen LogP contribution in [0.1, 0.15) is 85.3 Å². The lowest BCUT2D eigenvalue weighted by Crippen LogP contribution is -2.27. The molecule has 10 aromatic rings. The normalized spacial score (nSPS) is 20.6. The largest absolute Gasteiger partial charge is 0.436 e. The zero-order valence-corrected chi connectivity index (χ0v) is 45.8. The zero-order valence-electron chi connectivity index (χ0n) is 45.8. The number of nitrogens with one attached hydrogen (secondary N) is 2. The summed E-state index contributed by atoms with van der Waals surface area (Å²) in [5, 5.41) is 24.8. The van der Waals surface area contributed by atoms with E-state index in [1.807, 2.05) is 54.2 Å². The number of ether oxygens (including phenoxy) is 4. The molecule has 0 radical (unpaired) electrons. The van der Waals surface area contributed by atoms with E-state index in [1.54, 1.807) is 9.36 Å². The van der Waals surface area contributed by atoms with E-state index in [9.17, 15) is 9.59 Å². The Bertz CT molecular complexity index is 3690. The fourth-order valence-corrected chi connectivity index (χ4v) is 13.0. The van der Waals surface area contributed by atoms with E-state index in [2.05, 4.69) is 150 Å². The second-order valence-electron chi connectivity index (χ2n) is 22.2. The number of carbonyl (C=O) groups is 2. The van der Waals surface area contributed by atoms with Crippen molar-refractivity contribution in [2.75, 3.05) is 39.5 Å². The molecule has 6 aromatic heterocycles. The van der Waals surface area contributed by atoms with Gasteiger partial charge < -0.3 is 38.7 Å². The molecule has 4 atom stereocenters. The predicted molar refractivity (Wildman–Crippen MR) is 304 cm³/mol. The molecule has 18 nitrogen and oxygen atoms in total. The highest BCUT2D eigenvalue weighted by atomic mass is 16.6. The van der Waals surface area contributed by atoms with Crippen molar-refractivity contribution in [1.82, 2.24) is 59.7 Å². The van der Waals surface area contributed by atoms with Crippen molar-refractivity contribution >= 4 is 56.1 Å². The van der Waals surface area contributed by atoms with Crippen LogP contribution >= 0.6 is 0 Å². The summed E-state index contributed by atoms with van der Waals surface area (Å²) in [4.78, 5) is 34.1. The van der Waals surface area contributed by atoms with Gasteiger partial charge in [0, 0.05) is 74.8 Å². The number of aromatic nitrogens is 10. The van der Waals surface area contributed by atoms with E-state index in [0.717, 1.165) is 141 Å². The van der Waals surface area contributed by atoms with Crippen molar-refractivity contribution in [2.24, 2.45) is 25.9 Å². The zero-order chi connectivity index (χ0) is 54.9. The molecule has 408 valence electrons. The number of alkyl carbamates (subject to hydrolysis) is 2. The van der Waals surface area contributed by atoms with Crippen LogP contribution in [0.5, 0.6) is 0 Å². The number of amides is 2. The molecule has 18 heteroatoms. The number of nitrogens with zero attached hydrogens (tertiary/aromatic N) is 10. The van der Waals surface area contributed by atoms with Crippen LogP contribution in [0.15, 0.2) is 122 Å². The van der Waals surface area contributed by atoms with Crippen molar-refractivity contribution in [3.05, 3.63) is 155 Å². The molecule has 4 aromatic carbocycles. The lowest BCUT2D eigenvalue weighted by molar-refractivity contribution is 0.0551. The Labute approximate surface area is 462 Å². The van der Waals surface area contributed by atoms with Gasteiger partial charge in [0.05, 0.1) is 81.0 Å². The Balaban J connectivity index is 0.000000151. The van der Waals surface area contributed by atoms with Crippen LogP contribution in [0.3, 0.4) is 0 Å². The standard InChI is InChI=1S/2C31H32N6O3/c2*1-19-28(36(3)35-34-19)22-15-26-27(32-17-22)24-10-9-23(31(2)18-33-30(38)40-31)16-25(24)37(26)29(20-7-5-4-6-8-20)21-11-13-39-14-12-21/h2*4-10,15-17,21,29H,11-14,18H2,1-3H3,(H,33,38)/t2*29-,31?/m11/s1. The molecule has 4 aliphatic heterocycles.